The lowest BCUT2D eigenvalue weighted by Gasteiger charge is -2.12. The summed E-state index contributed by atoms with van der Waals surface area (Å²) in [4.78, 5) is 0. The maximum atomic E-state index is 12.9. The van der Waals surface area contributed by atoms with Gasteiger partial charge in [0.2, 0.25) is 0 Å². The second-order valence-electron chi connectivity index (χ2n) is 20.8. The van der Waals surface area contributed by atoms with E-state index in [1.807, 2.05) is 26.0 Å². The molecule has 0 aliphatic heterocycles. The van der Waals surface area contributed by atoms with Crippen LogP contribution in [0.5, 0.6) is 0 Å². The fourth-order valence-corrected chi connectivity index (χ4v) is 12.2. The minimum atomic E-state index is -4.63. The summed E-state index contributed by atoms with van der Waals surface area (Å²) in [6.07, 6.45) is -17.6. The number of hydrogen-bond acceptors (Lipinski definition) is 0. The first-order valence-electron chi connectivity index (χ1n) is 26.5. The second-order valence-corrected chi connectivity index (χ2v) is 28.1. The molecule has 0 heterocycles. The highest BCUT2D eigenvalue weighted by molar-refractivity contribution is 9.13. The molecule has 0 saturated heterocycles. The molecule has 0 spiro atoms. The molecule has 0 radical (unpaired) electrons. The highest BCUT2D eigenvalue weighted by Crippen LogP contribution is 2.41. The van der Waals surface area contributed by atoms with Crippen molar-refractivity contribution in [3.63, 3.8) is 0 Å². The predicted octanol–water partition coefficient (Wildman–Crippen LogP) is 29.9. The van der Waals surface area contributed by atoms with Gasteiger partial charge in [0.1, 0.15) is 5.82 Å². The van der Waals surface area contributed by atoms with Crippen LogP contribution in [0.3, 0.4) is 0 Å². The van der Waals surface area contributed by atoms with Crippen molar-refractivity contribution in [1.29, 1.82) is 0 Å². The predicted molar refractivity (Wildman–Crippen MR) is 371 cm³/mol. The fraction of sp³-hybridized carbons (Fsp3) is 0.284. The standard InChI is InChI=1S/C10H14.C9H8BrF3.C8H5Br2F3.C8H8Br2.C8H5BrClF3.C8H5BrF4.C8H8Cl2.C8H8F2/c1-7-5-8(2)10(4)9(3)6-7;1-5-3-7(10)4-8(6(5)2)9(11,12)13;1-4-2-5(9)3-6(7(4)10)8(11,12)13;1-5-3-6(2)8(10)7(9)4-5;1-4-2-5(9)3-6(7(4)10)8(11,12)13;1-4-2-5(9)3-6(10)7(4)8(11,12)13;2*1-5-3-6(2)8(10)7(9)4-5/h5-6H,1-4H3;3-4H,1-2H3;2-3H,1H3;3-4H,1-2H3;2*2-3H,1H3;2*3-4H,1-2H3. The summed E-state index contributed by atoms with van der Waals surface area (Å²) >= 11 is 38.9. The fourth-order valence-electron chi connectivity index (χ4n) is 7.98. The molecule has 0 fully saturated rings. The maximum absolute atomic E-state index is 12.9. The number of benzene rings is 8. The minimum absolute atomic E-state index is 0.100. The lowest BCUT2D eigenvalue weighted by atomic mass is 10.0. The lowest BCUT2D eigenvalue weighted by Crippen LogP contribution is -2.10. The van der Waals surface area contributed by atoms with Crippen LogP contribution in [0.25, 0.3) is 0 Å². The molecule has 8 rings (SSSR count). The SMILES string of the molecule is Cc1cc(Br)cc(C(F)(F)F)c1Br.Cc1cc(Br)cc(C(F)(F)F)c1C.Cc1cc(Br)cc(C(F)(F)F)c1Cl.Cc1cc(Br)cc(F)c1C(F)(F)F.Cc1cc(C)c(Br)c(Br)c1.Cc1cc(C)c(C)c(C)c1.Cc1cc(C)c(Cl)c(Cl)c1.Cc1cc(C)c(F)c(F)c1. The third-order valence-electron chi connectivity index (χ3n) is 12.7. The normalized spacial score (nSPS) is 11.0. The van der Waals surface area contributed by atoms with E-state index < -0.39 is 64.4 Å². The molecule has 8 aromatic carbocycles. The van der Waals surface area contributed by atoms with Gasteiger partial charge in [0.15, 0.2) is 11.6 Å². The van der Waals surface area contributed by atoms with Crippen molar-refractivity contribution >= 4 is 146 Å². The quantitative estimate of drug-likeness (QED) is 0.133. The van der Waals surface area contributed by atoms with Crippen molar-refractivity contribution in [1.82, 2.24) is 0 Å². The van der Waals surface area contributed by atoms with E-state index in [-0.39, 0.29) is 20.6 Å². The van der Waals surface area contributed by atoms with E-state index in [0.29, 0.717) is 50.2 Å². The van der Waals surface area contributed by atoms with Crippen LogP contribution in [0.1, 0.15) is 106 Å². The Morgan fingerprint density at radius 2 is 0.620 bits per heavy atom. The van der Waals surface area contributed by atoms with Crippen molar-refractivity contribution in [2.24, 2.45) is 0 Å². The van der Waals surface area contributed by atoms with Gasteiger partial charge in [-0.25, -0.2) is 13.2 Å². The number of alkyl halides is 12. The van der Waals surface area contributed by atoms with E-state index in [1.54, 1.807) is 45.9 Å². The number of halogens is 25. The maximum Gasteiger partial charge on any atom is 0.419 e. The Morgan fingerprint density at radius 1 is 0.283 bits per heavy atom. The van der Waals surface area contributed by atoms with Gasteiger partial charge < -0.3 is 0 Å². The summed E-state index contributed by atoms with van der Waals surface area (Å²) in [5, 5.41) is 1.06. The zero-order chi connectivity index (χ0) is 71.8. The van der Waals surface area contributed by atoms with Crippen LogP contribution in [0.15, 0.2) is 128 Å². The Hall–Kier alpha value is -3.06. The topological polar surface area (TPSA) is 0 Å². The summed E-state index contributed by atoms with van der Waals surface area (Å²) in [5.41, 5.74) is 9.96. The third kappa shape index (κ3) is 28.9. The number of hydrogen-bond donors (Lipinski definition) is 0. The second kappa shape index (κ2) is 37.6. The Bertz CT molecular complexity index is 3320. The Kier molecular flexibility index (Phi) is 35.5. The van der Waals surface area contributed by atoms with Gasteiger partial charge in [-0.1, -0.05) is 134 Å². The van der Waals surface area contributed by atoms with Crippen molar-refractivity contribution in [2.45, 2.75) is 129 Å². The van der Waals surface area contributed by atoms with Gasteiger partial charge in [0.25, 0.3) is 0 Å². The molecule has 0 bridgehead atoms. The molecule has 25 heteroatoms. The van der Waals surface area contributed by atoms with Crippen molar-refractivity contribution in [3.8, 4) is 0 Å². The molecule has 0 nitrogen and oxygen atoms in total. The van der Waals surface area contributed by atoms with Gasteiger partial charge in [-0.2, -0.15) is 52.7 Å². The molecule has 504 valence electrons. The van der Waals surface area contributed by atoms with Gasteiger partial charge in [0.05, 0.1) is 37.3 Å². The monoisotopic (exact) mass is 1810 g/mol. The molecular formula is C67H61Br7Cl3F15. The first kappa shape index (κ1) is 87.0. The summed E-state index contributed by atoms with van der Waals surface area (Å²) in [5.74, 6) is -2.76. The lowest BCUT2D eigenvalue weighted by molar-refractivity contribution is -0.140. The average Bonchev–Trinajstić information content (AvgIpc) is 0.923. The Morgan fingerprint density at radius 3 is 1.05 bits per heavy atom. The number of rotatable bonds is 0. The van der Waals surface area contributed by atoms with E-state index in [2.05, 4.69) is 177 Å². The van der Waals surface area contributed by atoms with Crippen LogP contribution < -0.4 is 0 Å². The summed E-state index contributed by atoms with van der Waals surface area (Å²) in [6.45, 7) is 27.5. The number of aryl methyl sites for hydroxylation is 13. The van der Waals surface area contributed by atoms with Gasteiger partial charge in [-0.3, -0.25) is 0 Å². The van der Waals surface area contributed by atoms with Crippen molar-refractivity contribution in [3.05, 3.63) is 267 Å². The van der Waals surface area contributed by atoms with Crippen LogP contribution in [-0.2, 0) is 24.7 Å². The smallest absolute Gasteiger partial charge is 0.206 e. The molecule has 0 N–H and O–H groups in total. The van der Waals surface area contributed by atoms with Crippen LogP contribution in [-0.4, -0.2) is 0 Å². The zero-order valence-electron chi connectivity index (χ0n) is 51.7. The minimum Gasteiger partial charge on any atom is -0.206 e. The van der Waals surface area contributed by atoms with E-state index in [9.17, 15) is 65.9 Å². The summed E-state index contributed by atoms with van der Waals surface area (Å²) < 4.78 is 190. The van der Waals surface area contributed by atoms with E-state index in [4.69, 9.17) is 34.8 Å². The Labute approximate surface area is 601 Å². The van der Waals surface area contributed by atoms with E-state index in [1.165, 1.54) is 72.4 Å². The molecule has 0 saturated carbocycles. The van der Waals surface area contributed by atoms with E-state index in [0.717, 1.165) is 49.9 Å². The van der Waals surface area contributed by atoms with Crippen LogP contribution >= 0.6 is 146 Å². The highest BCUT2D eigenvalue weighted by Gasteiger charge is 2.37. The highest BCUT2D eigenvalue weighted by atomic mass is 79.9. The molecule has 0 aromatic heterocycles. The zero-order valence-corrected chi connectivity index (χ0v) is 65.1. The summed E-state index contributed by atoms with van der Waals surface area (Å²) in [7, 11) is 0. The molecular weight excluding hydrogens is 1760 g/mol. The molecule has 8 aromatic rings. The first-order valence-corrected chi connectivity index (χ1v) is 33.1. The van der Waals surface area contributed by atoms with Gasteiger partial charge in [0, 0.05) is 31.3 Å². The summed E-state index contributed by atoms with van der Waals surface area (Å²) in [6, 6.07) is 25.3. The van der Waals surface area contributed by atoms with Gasteiger partial charge in [-0.15, -0.1) is 0 Å². The molecule has 0 atom stereocenters. The van der Waals surface area contributed by atoms with Crippen LogP contribution in [0.4, 0.5) is 65.9 Å². The average molecular weight is 1820 g/mol. The third-order valence-corrected chi connectivity index (χ3v) is 19.1. The van der Waals surface area contributed by atoms with Crippen molar-refractivity contribution in [2.75, 3.05) is 0 Å². The largest absolute Gasteiger partial charge is 0.419 e. The van der Waals surface area contributed by atoms with E-state index >= 15 is 0 Å². The first-order chi connectivity index (χ1) is 41.7. The molecule has 0 aliphatic carbocycles. The molecule has 0 aliphatic rings. The molecule has 92 heavy (non-hydrogen) atoms. The Balaban J connectivity index is 0.000000527. The molecule has 0 amide bonds. The van der Waals surface area contributed by atoms with Crippen molar-refractivity contribution < 1.29 is 65.9 Å². The molecule has 0 unspecified atom stereocenters. The van der Waals surface area contributed by atoms with Gasteiger partial charge >= 0.3 is 24.7 Å². The van der Waals surface area contributed by atoms with Crippen LogP contribution in [0.2, 0.25) is 15.1 Å². The van der Waals surface area contributed by atoms with Gasteiger partial charge in [-0.05, 0) is 296 Å². The van der Waals surface area contributed by atoms with Crippen LogP contribution in [0, 0.1) is 121 Å².